The molecule has 1 fully saturated rings. The van der Waals surface area contributed by atoms with Crippen molar-refractivity contribution in [3.8, 4) is 11.5 Å². The van der Waals surface area contributed by atoms with E-state index < -0.39 is 0 Å². The van der Waals surface area contributed by atoms with Crippen molar-refractivity contribution in [2.75, 3.05) is 7.11 Å². The average Bonchev–Trinajstić information content (AvgIpc) is 2.99. The Bertz CT molecular complexity index is 405. The van der Waals surface area contributed by atoms with Crippen molar-refractivity contribution in [3.63, 3.8) is 0 Å². The van der Waals surface area contributed by atoms with E-state index >= 15 is 0 Å². The van der Waals surface area contributed by atoms with Gasteiger partial charge in [0, 0.05) is 0 Å². The molecule has 0 atom stereocenters. The number of ketones is 1. The Balaban J connectivity index is 2.42. The van der Waals surface area contributed by atoms with Crippen LogP contribution in [0.3, 0.4) is 0 Å². The summed E-state index contributed by atoms with van der Waals surface area (Å²) in [5, 5.41) is 9.45. The van der Waals surface area contributed by atoms with Crippen molar-refractivity contribution in [3.05, 3.63) is 23.8 Å². The monoisotopic (exact) mass is 206 g/mol. The maximum absolute atomic E-state index is 11.5. The van der Waals surface area contributed by atoms with Gasteiger partial charge in [0.25, 0.3) is 0 Å². The molecule has 1 aliphatic rings. The second-order valence-corrected chi connectivity index (χ2v) is 4.02. The Morgan fingerprint density at radius 1 is 1.47 bits per heavy atom. The van der Waals surface area contributed by atoms with Crippen LogP contribution >= 0.6 is 0 Å². The summed E-state index contributed by atoms with van der Waals surface area (Å²) < 4.78 is 5.03. The second-order valence-electron chi connectivity index (χ2n) is 4.02. The Morgan fingerprint density at radius 3 is 2.60 bits per heavy atom. The lowest BCUT2D eigenvalue weighted by molar-refractivity contribution is -0.119. The number of methoxy groups -OCH3 is 1. The van der Waals surface area contributed by atoms with E-state index in [9.17, 15) is 9.90 Å². The molecule has 3 nitrogen and oxygen atoms in total. The molecule has 0 saturated heterocycles. The molecule has 1 saturated carbocycles. The predicted molar refractivity (Wildman–Crippen MR) is 56.3 cm³/mol. The Hall–Kier alpha value is -1.51. The average molecular weight is 206 g/mol. The summed E-state index contributed by atoms with van der Waals surface area (Å²) in [6.45, 7) is 1.62. The van der Waals surface area contributed by atoms with Crippen molar-refractivity contribution < 1.29 is 14.6 Å². The Morgan fingerprint density at radius 2 is 2.13 bits per heavy atom. The highest BCUT2D eigenvalue weighted by Crippen LogP contribution is 2.50. The van der Waals surface area contributed by atoms with E-state index in [0.717, 1.165) is 18.4 Å². The molecule has 0 unspecified atom stereocenters. The number of hydrogen-bond donors (Lipinski definition) is 1. The fourth-order valence-electron chi connectivity index (χ4n) is 1.94. The zero-order chi connectivity index (χ0) is 11.1. The summed E-state index contributed by atoms with van der Waals surface area (Å²) in [4.78, 5) is 11.5. The summed E-state index contributed by atoms with van der Waals surface area (Å²) in [6.07, 6.45) is 1.80. The first-order valence-corrected chi connectivity index (χ1v) is 4.99. The second kappa shape index (κ2) is 3.26. The summed E-state index contributed by atoms with van der Waals surface area (Å²) in [7, 11) is 1.51. The SMILES string of the molecule is COc1cc(C2(C(C)=O)CC2)ccc1O. The van der Waals surface area contributed by atoms with E-state index in [2.05, 4.69) is 0 Å². The van der Waals surface area contributed by atoms with Gasteiger partial charge in [0.15, 0.2) is 11.5 Å². The molecule has 1 aromatic rings. The lowest BCUT2D eigenvalue weighted by Gasteiger charge is -2.13. The lowest BCUT2D eigenvalue weighted by Crippen LogP contribution is -2.16. The molecule has 3 heteroatoms. The number of carbonyl (C=O) groups excluding carboxylic acids is 1. The summed E-state index contributed by atoms with van der Waals surface area (Å²) in [5.41, 5.74) is 0.644. The van der Waals surface area contributed by atoms with Crippen LogP contribution in [0.1, 0.15) is 25.3 Å². The van der Waals surface area contributed by atoms with E-state index in [1.54, 1.807) is 25.1 Å². The van der Waals surface area contributed by atoms with E-state index in [1.807, 2.05) is 0 Å². The maximum atomic E-state index is 11.5. The minimum atomic E-state index is -0.305. The van der Waals surface area contributed by atoms with Gasteiger partial charge < -0.3 is 9.84 Å². The molecule has 0 aromatic heterocycles. The molecule has 1 aliphatic carbocycles. The van der Waals surface area contributed by atoms with Gasteiger partial charge in [-0.3, -0.25) is 4.79 Å². The topological polar surface area (TPSA) is 46.5 Å². The van der Waals surface area contributed by atoms with Crippen LogP contribution in [0.15, 0.2) is 18.2 Å². The largest absolute Gasteiger partial charge is 0.504 e. The van der Waals surface area contributed by atoms with Crippen LogP contribution in [-0.2, 0) is 10.2 Å². The number of carbonyl (C=O) groups is 1. The van der Waals surface area contributed by atoms with Crippen molar-refractivity contribution in [2.24, 2.45) is 0 Å². The lowest BCUT2D eigenvalue weighted by atomic mass is 9.92. The summed E-state index contributed by atoms with van der Waals surface area (Å²) >= 11 is 0. The van der Waals surface area contributed by atoms with Crippen molar-refractivity contribution >= 4 is 5.78 Å². The third-order valence-corrected chi connectivity index (χ3v) is 3.16. The first kappa shape index (κ1) is 10.0. The van der Waals surface area contributed by atoms with Crippen LogP contribution in [0.2, 0.25) is 0 Å². The van der Waals surface area contributed by atoms with Crippen LogP contribution in [0.5, 0.6) is 11.5 Å². The van der Waals surface area contributed by atoms with Gasteiger partial charge in [0.2, 0.25) is 0 Å². The predicted octanol–water partition coefficient (Wildman–Crippen LogP) is 2.02. The Kier molecular flexibility index (Phi) is 2.18. The number of Topliss-reactive ketones (excluding diaryl/α,β-unsaturated/α-hetero) is 1. The number of ether oxygens (including phenoxy) is 1. The molecule has 0 radical (unpaired) electrons. The highest BCUT2D eigenvalue weighted by atomic mass is 16.5. The third kappa shape index (κ3) is 1.48. The molecule has 80 valence electrons. The van der Waals surface area contributed by atoms with Gasteiger partial charge in [-0.25, -0.2) is 0 Å². The number of aromatic hydroxyl groups is 1. The molecule has 0 amide bonds. The fourth-order valence-corrected chi connectivity index (χ4v) is 1.94. The number of phenols is 1. The van der Waals surface area contributed by atoms with Crippen LogP contribution in [0.4, 0.5) is 0 Å². The van der Waals surface area contributed by atoms with Gasteiger partial charge in [-0.1, -0.05) is 6.07 Å². The van der Waals surface area contributed by atoms with Gasteiger partial charge in [0.05, 0.1) is 12.5 Å². The summed E-state index contributed by atoms with van der Waals surface area (Å²) in [6, 6.07) is 5.13. The molecule has 0 spiro atoms. The Labute approximate surface area is 88.7 Å². The fraction of sp³-hybridized carbons (Fsp3) is 0.417. The molecular formula is C12H14O3. The third-order valence-electron chi connectivity index (χ3n) is 3.16. The maximum Gasteiger partial charge on any atom is 0.160 e. The summed E-state index contributed by atoms with van der Waals surface area (Å²) in [5.74, 6) is 0.732. The molecule has 0 heterocycles. The van der Waals surface area contributed by atoms with Crippen molar-refractivity contribution in [1.29, 1.82) is 0 Å². The standard InChI is InChI=1S/C12H14O3/c1-8(13)12(5-6-12)9-3-4-10(14)11(7-9)15-2/h3-4,7,14H,5-6H2,1-2H3. The first-order valence-electron chi connectivity index (χ1n) is 4.99. The molecular weight excluding hydrogens is 192 g/mol. The molecule has 15 heavy (non-hydrogen) atoms. The van der Waals surface area contributed by atoms with E-state index in [0.29, 0.717) is 5.75 Å². The van der Waals surface area contributed by atoms with E-state index in [1.165, 1.54) is 7.11 Å². The van der Waals surface area contributed by atoms with Crippen molar-refractivity contribution in [2.45, 2.75) is 25.2 Å². The van der Waals surface area contributed by atoms with E-state index in [-0.39, 0.29) is 16.9 Å². The highest BCUT2D eigenvalue weighted by Gasteiger charge is 2.48. The minimum Gasteiger partial charge on any atom is -0.504 e. The van der Waals surface area contributed by atoms with Crippen LogP contribution in [0, 0.1) is 0 Å². The van der Waals surface area contributed by atoms with Crippen molar-refractivity contribution in [1.82, 2.24) is 0 Å². The molecule has 2 rings (SSSR count). The number of phenolic OH excluding ortho intramolecular Hbond substituents is 1. The van der Waals surface area contributed by atoms with Gasteiger partial charge in [-0.2, -0.15) is 0 Å². The smallest absolute Gasteiger partial charge is 0.160 e. The minimum absolute atomic E-state index is 0.112. The van der Waals surface area contributed by atoms with Gasteiger partial charge in [-0.15, -0.1) is 0 Å². The zero-order valence-corrected chi connectivity index (χ0v) is 8.91. The molecule has 1 N–H and O–H groups in total. The quantitative estimate of drug-likeness (QED) is 0.823. The molecule has 1 aromatic carbocycles. The zero-order valence-electron chi connectivity index (χ0n) is 8.91. The molecule has 0 bridgehead atoms. The van der Waals surface area contributed by atoms with Crippen LogP contribution < -0.4 is 4.74 Å². The van der Waals surface area contributed by atoms with E-state index in [4.69, 9.17) is 4.74 Å². The molecule has 0 aliphatic heterocycles. The number of benzene rings is 1. The normalized spacial score (nSPS) is 17.2. The highest BCUT2D eigenvalue weighted by molar-refractivity contribution is 5.91. The van der Waals surface area contributed by atoms with Crippen LogP contribution in [0.25, 0.3) is 0 Å². The van der Waals surface area contributed by atoms with Crippen LogP contribution in [-0.4, -0.2) is 18.0 Å². The first-order chi connectivity index (χ1) is 7.10. The van der Waals surface area contributed by atoms with Gasteiger partial charge in [-0.05, 0) is 37.5 Å². The van der Waals surface area contributed by atoms with Gasteiger partial charge in [0.1, 0.15) is 5.78 Å². The van der Waals surface area contributed by atoms with Gasteiger partial charge >= 0.3 is 0 Å². The number of rotatable bonds is 3. The number of hydrogen-bond acceptors (Lipinski definition) is 3.